The molecule has 2 aromatic carbocycles. The average molecular weight is 572 g/mol. The van der Waals surface area contributed by atoms with Crippen LogP contribution in [-0.4, -0.2) is 72.7 Å². The number of aromatic nitrogens is 6. The first-order valence-electron chi connectivity index (χ1n) is 14.0. The van der Waals surface area contributed by atoms with Crippen molar-refractivity contribution in [2.75, 3.05) is 13.7 Å². The summed E-state index contributed by atoms with van der Waals surface area (Å²) >= 11 is 0. The number of carbonyl (C=O) groups excluding carboxylic acids is 3. The highest BCUT2D eigenvalue weighted by molar-refractivity contribution is 5.96. The molecule has 3 heterocycles. The molecular weight excluding hydrogens is 538 g/mol. The molecule has 2 aromatic heterocycles. The molecule has 1 aliphatic heterocycles. The van der Waals surface area contributed by atoms with Crippen LogP contribution in [0.15, 0.2) is 48.5 Å². The molecule has 218 valence electrons. The van der Waals surface area contributed by atoms with Crippen molar-refractivity contribution in [1.82, 2.24) is 35.1 Å². The quantitative estimate of drug-likeness (QED) is 0.235. The topological polar surface area (TPSA) is 145 Å². The summed E-state index contributed by atoms with van der Waals surface area (Å²) in [5.41, 5.74) is 5.22. The van der Waals surface area contributed by atoms with E-state index in [0.717, 1.165) is 46.0 Å². The molecule has 0 radical (unpaired) electrons. The maximum atomic E-state index is 13.4. The highest BCUT2D eigenvalue weighted by Gasteiger charge is 2.43. The van der Waals surface area contributed by atoms with E-state index in [1.54, 1.807) is 6.92 Å². The van der Waals surface area contributed by atoms with Crippen LogP contribution in [0.5, 0.6) is 0 Å². The summed E-state index contributed by atoms with van der Waals surface area (Å²) in [4.78, 5) is 44.8. The van der Waals surface area contributed by atoms with Crippen LogP contribution < -0.4 is 0 Å². The summed E-state index contributed by atoms with van der Waals surface area (Å²) in [6, 6.07) is 14.5. The molecule has 1 aliphatic rings. The first-order valence-corrected chi connectivity index (χ1v) is 14.0. The summed E-state index contributed by atoms with van der Waals surface area (Å²) in [6.07, 6.45) is 1.27. The molecule has 5 rings (SSSR count). The standard InChI is InChI=1S/C30H33N7O5/c1-5-9-25-31-23-16-24(30(40)41-4)36(26(38)17-27(39)42-6-2)18(3)28(23)37(25)20-14-12-19(13-15-20)21-10-7-8-11-22(21)29-32-34-35-33-29/h7-8,10-15,18,24H,5-6,9,16-17H2,1-4H3,(H,32,33,34,35). The minimum Gasteiger partial charge on any atom is -0.467 e. The van der Waals surface area contributed by atoms with Crippen LogP contribution in [-0.2, 0) is 36.7 Å². The number of esters is 2. The lowest BCUT2D eigenvalue weighted by atomic mass is 9.95. The largest absolute Gasteiger partial charge is 0.467 e. The zero-order valence-corrected chi connectivity index (χ0v) is 24.0. The van der Waals surface area contributed by atoms with Gasteiger partial charge >= 0.3 is 11.9 Å². The van der Waals surface area contributed by atoms with Gasteiger partial charge in [-0.15, -0.1) is 5.10 Å². The Kier molecular flexibility index (Phi) is 8.41. The second-order valence-corrected chi connectivity index (χ2v) is 9.99. The second-order valence-electron chi connectivity index (χ2n) is 9.99. The van der Waals surface area contributed by atoms with Crippen molar-refractivity contribution in [3.63, 3.8) is 0 Å². The van der Waals surface area contributed by atoms with Crippen molar-refractivity contribution in [2.45, 2.75) is 58.5 Å². The number of carbonyl (C=O) groups is 3. The second kappa shape index (κ2) is 12.3. The first-order chi connectivity index (χ1) is 20.4. The molecule has 0 bridgehead atoms. The monoisotopic (exact) mass is 571 g/mol. The molecule has 0 saturated heterocycles. The van der Waals surface area contributed by atoms with Crippen LogP contribution in [0.4, 0.5) is 0 Å². The number of hydrogen-bond donors (Lipinski definition) is 1. The average Bonchev–Trinajstić information content (AvgIpc) is 3.66. The van der Waals surface area contributed by atoms with Gasteiger partial charge in [-0.3, -0.25) is 14.2 Å². The number of aromatic amines is 1. The number of amides is 1. The van der Waals surface area contributed by atoms with E-state index in [2.05, 4.69) is 32.1 Å². The number of H-pyrrole nitrogens is 1. The third-order valence-corrected chi connectivity index (χ3v) is 7.39. The molecule has 1 N–H and O–H groups in total. The van der Waals surface area contributed by atoms with Gasteiger partial charge in [0.2, 0.25) is 5.91 Å². The molecular formula is C30H33N7O5. The number of ether oxygens (including phenoxy) is 2. The van der Waals surface area contributed by atoms with Crippen molar-refractivity contribution < 1.29 is 23.9 Å². The van der Waals surface area contributed by atoms with Gasteiger partial charge in [-0.2, -0.15) is 0 Å². The van der Waals surface area contributed by atoms with E-state index in [1.165, 1.54) is 12.0 Å². The Bertz CT molecular complexity index is 1580. The van der Waals surface area contributed by atoms with Gasteiger partial charge in [0.05, 0.1) is 31.1 Å². The Labute approximate surface area is 243 Å². The van der Waals surface area contributed by atoms with Crippen molar-refractivity contribution >= 4 is 17.8 Å². The normalized spacial score (nSPS) is 16.1. The highest BCUT2D eigenvalue weighted by Crippen LogP contribution is 2.37. The number of rotatable bonds is 9. The van der Waals surface area contributed by atoms with E-state index >= 15 is 0 Å². The third kappa shape index (κ3) is 5.39. The van der Waals surface area contributed by atoms with Crippen LogP contribution in [0.25, 0.3) is 28.2 Å². The number of methoxy groups -OCH3 is 1. The number of benzene rings is 2. The number of tetrazole rings is 1. The molecule has 0 saturated carbocycles. The molecule has 0 spiro atoms. The molecule has 12 nitrogen and oxygen atoms in total. The van der Waals surface area contributed by atoms with Gasteiger partial charge in [0, 0.05) is 24.1 Å². The molecule has 2 atom stereocenters. The van der Waals surface area contributed by atoms with Gasteiger partial charge in [-0.1, -0.05) is 43.3 Å². The minimum atomic E-state index is -0.901. The zero-order valence-electron chi connectivity index (χ0n) is 24.0. The zero-order chi connectivity index (χ0) is 29.8. The maximum absolute atomic E-state index is 13.4. The van der Waals surface area contributed by atoms with Crippen LogP contribution in [0.1, 0.15) is 56.9 Å². The summed E-state index contributed by atoms with van der Waals surface area (Å²) in [7, 11) is 1.29. The molecule has 42 heavy (non-hydrogen) atoms. The Hall–Kier alpha value is -4.87. The van der Waals surface area contributed by atoms with Crippen molar-refractivity contribution in [1.29, 1.82) is 0 Å². The minimum absolute atomic E-state index is 0.162. The van der Waals surface area contributed by atoms with Crippen molar-refractivity contribution in [3.05, 3.63) is 65.7 Å². The fourth-order valence-electron chi connectivity index (χ4n) is 5.63. The Balaban J connectivity index is 1.56. The highest BCUT2D eigenvalue weighted by atomic mass is 16.5. The summed E-state index contributed by atoms with van der Waals surface area (Å²) in [5, 5.41) is 14.3. The lowest BCUT2D eigenvalue weighted by Crippen LogP contribution is -2.51. The van der Waals surface area contributed by atoms with Gasteiger partial charge < -0.3 is 14.4 Å². The van der Waals surface area contributed by atoms with E-state index in [4.69, 9.17) is 14.5 Å². The Morgan fingerprint density at radius 3 is 2.43 bits per heavy atom. The molecule has 1 amide bonds. The van der Waals surface area contributed by atoms with Gasteiger partial charge in [-0.05, 0) is 54.0 Å². The number of nitrogens with one attached hydrogen (secondary N) is 1. The Morgan fingerprint density at radius 2 is 1.79 bits per heavy atom. The lowest BCUT2D eigenvalue weighted by Gasteiger charge is -2.39. The lowest BCUT2D eigenvalue weighted by molar-refractivity contribution is -0.159. The van der Waals surface area contributed by atoms with Gasteiger partial charge in [-0.25, -0.2) is 14.9 Å². The SMILES string of the molecule is CCCc1nc2c(n1-c1ccc(-c3ccccc3-c3nnn[nH]3)cc1)C(C)N(C(=O)CC(=O)OCC)C(C(=O)OC)C2. The third-order valence-electron chi connectivity index (χ3n) is 7.39. The van der Waals surface area contributed by atoms with E-state index in [0.29, 0.717) is 12.2 Å². The molecule has 12 heteroatoms. The molecule has 4 aromatic rings. The van der Waals surface area contributed by atoms with E-state index in [-0.39, 0.29) is 13.0 Å². The van der Waals surface area contributed by atoms with Crippen LogP contribution in [0, 0.1) is 0 Å². The van der Waals surface area contributed by atoms with Gasteiger partial charge in [0.1, 0.15) is 18.3 Å². The maximum Gasteiger partial charge on any atom is 0.329 e. The first kappa shape index (κ1) is 28.7. The fourth-order valence-corrected chi connectivity index (χ4v) is 5.63. The smallest absolute Gasteiger partial charge is 0.329 e. The summed E-state index contributed by atoms with van der Waals surface area (Å²) in [5.74, 6) is -0.285. The van der Waals surface area contributed by atoms with Crippen molar-refractivity contribution in [2.24, 2.45) is 0 Å². The number of aryl methyl sites for hydroxylation is 1. The summed E-state index contributed by atoms with van der Waals surface area (Å²) in [6.45, 7) is 5.76. The van der Waals surface area contributed by atoms with Crippen LogP contribution >= 0.6 is 0 Å². The van der Waals surface area contributed by atoms with E-state index < -0.39 is 36.4 Å². The predicted molar refractivity (Wildman–Crippen MR) is 152 cm³/mol. The van der Waals surface area contributed by atoms with Crippen LogP contribution in [0.3, 0.4) is 0 Å². The Morgan fingerprint density at radius 1 is 1.05 bits per heavy atom. The van der Waals surface area contributed by atoms with Crippen molar-refractivity contribution in [3.8, 4) is 28.2 Å². The number of fused-ring (bicyclic) bond motifs is 1. The number of nitrogens with zero attached hydrogens (tertiary/aromatic N) is 6. The summed E-state index contributed by atoms with van der Waals surface area (Å²) < 4.78 is 12.1. The molecule has 0 aliphatic carbocycles. The van der Waals surface area contributed by atoms with Crippen LogP contribution in [0.2, 0.25) is 0 Å². The van der Waals surface area contributed by atoms with E-state index in [9.17, 15) is 14.4 Å². The molecule has 2 unspecified atom stereocenters. The van der Waals surface area contributed by atoms with Gasteiger partial charge in [0.25, 0.3) is 0 Å². The number of imidazole rings is 1. The molecule has 0 fully saturated rings. The van der Waals surface area contributed by atoms with E-state index in [1.807, 2.05) is 55.5 Å². The fraction of sp³-hybridized carbons (Fsp3) is 0.367. The number of hydrogen-bond acceptors (Lipinski definition) is 9. The predicted octanol–water partition coefficient (Wildman–Crippen LogP) is 3.61. The van der Waals surface area contributed by atoms with Gasteiger partial charge in [0.15, 0.2) is 5.82 Å².